The summed E-state index contributed by atoms with van der Waals surface area (Å²) in [4.78, 5) is 25.3. The average molecular weight is 252 g/mol. The first-order valence-electron chi connectivity index (χ1n) is 5.56. The topological polar surface area (TPSA) is 121 Å². The van der Waals surface area contributed by atoms with Crippen molar-refractivity contribution in [3.63, 3.8) is 0 Å². The predicted octanol–water partition coefficient (Wildman–Crippen LogP) is 0.0198. The number of aromatic amines is 1. The summed E-state index contributed by atoms with van der Waals surface area (Å²) in [5, 5.41) is 14.1. The van der Waals surface area contributed by atoms with Crippen LogP contribution in [0, 0.1) is 0 Å². The number of carbonyl (C=O) groups is 1. The van der Waals surface area contributed by atoms with Crippen LogP contribution in [0.5, 0.6) is 0 Å². The molecule has 5 N–H and O–H groups in total. The first kappa shape index (κ1) is 13.8. The summed E-state index contributed by atoms with van der Waals surface area (Å²) < 4.78 is 0. The quantitative estimate of drug-likeness (QED) is 0.255. The Morgan fingerprint density at radius 2 is 2.33 bits per heavy atom. The molecular formula is C11H16N4O3. The van der Waals surface area contributed by atoms with Crippen LogP contribution in [-0.4, -0.2) is 28.0 Å². The van der Waals surface area contributed by atoms with Gasteiger partial charge >= 0.3 is 0 Å². The molecule has 0 aliphatic heterocycles. The zero-order chi connectivity index (χ0) is 13.5. The highest BCUT2D eigenvalue weighted by atomic mass is 16.4. The van der Waals surface area contributed by atoms with E-state index in [0.717, 1.165) is 6.42 Å². The second kappa shape index (κ2) is 6.43. The van der Waals surface area contributed by atoms with E-state index in [-0.39, 0.29) is 17.1 Å². The molecule has 7 nitrogen and oxygen atoms in total. The second-order valence-corrected chi connectivity index (χ2v) is 3.77. The summed E-state index contributed by atoms with van der Waals surface area (Å²) >= 11 is 0. The van der Waals surface area contributed by atoms with Gasteiger partial charge in [0.2, 0.25) is 5.56 Å². The van der Waals surface area contributed by atoms with Crippen molar-refractivity contribution < 1.29 is 10.0 Å². The van der Waals surface area contributed by atoms with Gasteiger partial charge in [-0.05, 0) is 12.5 Å². The molecule has 1 heterocycles. The van der Waals surface area contributed by atoms with Gasteiger partial charge in [0.1, 0.15) is 5.69 Å². The number of hydrogen-bond donors (Lipinski definition) is 4. The van der Waals surface area contributed by atoms with Gasteiger partial charge in [0, 0.05) is 6.07 Å². The normalized spacial score (nSPS) is 13.1. The molecule has 7 heteroatoms. The molecule has 1 rings (SSSR count). The number of carbonyl (C=O) groups excluding carboxylic acids is 1. The maximum absolute atomic E-state index is 11.8. The standard InChI is InChI=1S/C11H16N4O3/c1-2-4-7(10(12)15-18)14-11(17)8-5-3-6-9(16)13-8/h3,5-7,18H,2,4H2,1H3,(H2,12,15)(H,13,16)(H,14,17). The number of pyridine rings is 1. The van der Waals surface area contributed by atoms with E-state index in [0.29, 0.717) is 6.42 Å². The Bertz CT molecular complexity index is 495. The molecule has 98 valence electrons. The summed E-state index contributed by atoms with van der Waals surface area (Å²) in [6.07, 6.45) is 1.30. The van der Waals surface area contributed by atoms with Crippen molar-refractivity contribution in [2.75, 3.05) is 0 Å². The minimum atomic E-state index is -0.559. The summed E-state index contributed by atoms with van der Waals surface area (Å²) in [6.45, 7) is 1.91. The van der Waals surface area contributed by atoms with E-state index in [2.05, 4.69) is 15.5 Å². The summed E-state index contributed by atoms with van der Waals surface area (Å²) in [7, 11) is 0. The van der Waals surface area contributed by atoms with Crippen LogP contribution in [0.3, 0.4) is 0 Å². The third-order valence-electron chi connectivity index (χ3n) is 2.37. The molecule has 1 atom stereocenters. The van der Waals surface area contributed by atoms with Gasteiger partial charge in [-0.15, -0.1) is 0 Å². The average Bonchev–Trinajstić information content (AvgIpc) is 2.37. The Kier molecular flexibility index (Phi) is 4.91. The van der Waals surface area contributed by atoms with Crippen LogP contribution in [0.15, 0.2) is 28.1 Å². The van der Waals surface area contributed by atoms with Crippen molar-refractivity contribution in [2.24, 2.45) is 10.9 Å². The van der Waals surface area contributed by atoms with Crippen LogP contribution in [0.1, 0.15) is 30.3 Å². The fourth-order valence-electron chi connectivity index (χ4n) is 1.47. The molecule has 1 aromatic heterocycles. The van der Waals surface area contributed by atoms with Gasteiger partial charge < -0.3 is 21.2 Å². The molecule has 1 aromatic rings. The number of hydrogen-bond acceptors (Lipinski definition) is 4. The number of H-pyrrole nitrogens is 1. The van der Waals surface area contributed by atoms with E-state index < -0.39 is 11.9 Å². The Morgan fingerprint density at radius 1 is 1.61 bits per heavy atom. The Balaban J connectivity index is 2.81. The maximum atomic E-state index is 11.8. The van der Waals surface area contributed by atoms with Gasteiger partial charge in [0.25, 0.3) is 5.91 Å². The zero-order valence-electron chi connectivity index (χ0n) is 10.0. The van der Waals surface area contributed by atoms with E-state index in [1.807, 2.05) is 6.92 Å². The predicted molar refractivity (Wildman–Crippen MR) is 66.6 cm³/mol. The van der Waals surface area contributed by atoms with Crippen molar-refractivity contribution in [3.8, 4) is 0 Å². The van der Waals surface area contributed by atoms with Crippen LogP contribution in [-0.2, 0) is 0 Å². The zero-order valence-corrected chi connectivity index (χ0v) is 10.0. The summed E-state index contributed by atoms with van der Waals surface area (Å²) in [6, 6.07) is 3.71. The smallest absolute Gasteiger partial charge is 0.268 e. The number of nitrogens with one attached hydrogen (secondary N) is 2. The third-order valence-corrected chi connectivity index (χ3v) is 2.37. The molecule has 1 amide bonds. The second-order valence-electron chi connectivity index (χ2n) is 3.77. The minimum Gasteiger partial charge on any atom is -0.409 e. The first-order valence-corrected chi connectivity index (χ1v) is 5.56. The molecule has 0 saturated carbocycles. The number of amides is 1. The van der Waals surface area contributed by atoms with Gasteiger partial charge in [-0.3, -0.25) is 9.59 Å². The number of aromatic nitrogens is 1. The van der Waals surface area contributed by atoms with Crippen molar-refractivity contribution in [1.82, 2.24) is 10.3 Å². The molecule has 0 aliphatic rings. The first-order chi connectivity index (χ1) is 8.58. The molecule has 18 heavy (non-hydrogen) atoms. The molecule has 0 bridgehead atoms. The van der Waals surface area contributed by atoms with E-state index in [9.17, 15) is 9.59 Å². The van der Waals surface area contributed by atoms with E-state index in [1.165, 1.54) is 18.2 Å². The highest BCUT2D eigenvalue weighted by molar-refractivity contribution is 5.96. The van der Waals surface area contributed by atoms with E-state index in [4.69, 9.17) is 10.9 Å². The van der Waals surface area contributed by atoms with E-state index in [1.54, 1.807) is 0 Å². The Hall–Kier alpha value is -2.31. The van der Waals surface area contributed by atoms with Gasteiger partial charge in [0.15, 0.2) is 5.84 Å². The monoisotopic (exact) mass is 252 g/mol. The van der Waals surface area contributed by atoms with Gasteiger partial charge in [0.05, 0.1) is 6.04 Å². The summed E-state index contributed by atoms with van der Waals surface area (Å²) in [5.41, 5.74) is 5.24. The van der Waals surface area contributed by atoms with Crippen LogP contribution in [0.4, 0.5) is 0 Å². The fourth-order valence-corrected chi connectivity index (χ4v) is 1.47. The molecule has 0 radical (unpaired) electrons. The molecular weight excluding hydrogens is 236 g/mol. The van der Waals surface area contributed by atoms with Gasteiger partial charge in [-0.1, -0.05) is 24.6 Å². The lowest BCUT2D eigenvalue weighted by molar-refractivity contribution is 0.0939. The number of nitrogens with two attached hydrogens (primary N) is 1. The Morgan fingerprint density at radius 3 is 2.89 bits per heavy atom. The Labute approximate surface area is 104 Å². The van der Waals surface area contributed by atoms with Crippen molar-refractivity contribution >= 4 is 11.7 Å². The van der Waals surface area contributed by atoms with Crippen LogP contribution < -0.4 is 16.6 Å². The molecule has 0 spiro atoms. The van der Waals surface area contributed by atoms with Gasteiger partial charge in [-0.25, -0.2) is 0 Å². The van der Waals surface area contributed by atoms with Crippen LogP contribution >= 0.6 is 0 Å². The lowest BCUT2D eigenvalue weighted by Crippen LogP contribution is -2.45. The lowest BCUT2D eigenvalue weighted by Gasteiger charge is -2.16. The molecule has 1 unspecified atom stereocenters. The van der Waals surface area contributed by atoms with Crippen molar-refractivity contribution in [2.45, 2.75) is 25.8 Å². The highest BCUT2D eigenvalue weighted by Crippen LogP contribution is 1.99. The number of oxime groups is 1. The fraction of sp³-hybridized carbons (Fsp3) is 0.364. The lowest BCUT2D eigenvalue weighted by atomic mass is 10.1. The SMILES string of the molecule is CCCC(NC(=O)c1cccc(=O)[nH]1)/C(N)=N/O. The molecule has 0 aliphatic carbocycles. The number of rotatable bonds is 5. The van der Waals surface area contributed by atoms with Crippen LogP contribution in [0.2, 0.25) is 0 Å². The molecule has 0 saturated heterocycles. The summed E-state index contributed by atoms with van der Waals surface area (Å²) in [5.74, 6) is -0.541. The van der Waals surface area contributed by atoms with Crippen molar-refractivity contribution in [3.05, 3.63) is 34.2 Å². The van der Waals surface area contributed by atoms with Gasteiger partial charge in [-0.2, -0.15) is 0 Å². The van der Waals surface area contributed by atoms with Crippen molar-refractivity contribution in [1.29, 1.82) is 0 Å². The van der Waals surface area contributed by atoms with E-state index >= 15 is 0 Å². The minimum absolute atomic E-state index is 0.0662. The number of amidine groups is 1. The maximum Gasteiger partial charge on any atom is 0.268 e. The highest BCUT2D eigenvalue weighted by Gasteiger charge is 2.17. The van der Waals surface area contributed by atoms with Crippen LogP contribution in [0.25, 0.3) is 0 Å². The third kappa shape index (κ3) is 3.62. The molecule has 0 fully saturated rings. The number of nitrogens with zero attached hydrogens (tertiary/aromatic N) is 1. The largest absolute Gasteiger partial charge is 0.409 e. The molecule has 0 aromatic carbocycles.